The fraction of sp³-hybridized carbons (Fsp3) is 0.0625. The normalized spacial score (nSPS) is 11.1. The van der Waals surface area contributed by atoms with Crippen molar-refractivity contribution in [2.45, 2.75) is 16.7 Å². The zero-order valence-electron chi connectivity index (χ0n) is 20.3. The van der Waals surface area contributed by atoms with Crippen molar-refractivity contribution >= 4 is 43.2 Å². The zero-order valence-corrected chi connectivity index (χ0v) is 26.0. The number of phenolic OH excluding ortho intramolecular Hbond substituents is 1. The molecule has 0 unspecified atom stereocenters. The zero-order chi connectivity index (χ0) is 23.1. The van der Waals surface area contributed by atoms with Crippen LogP contribution >= 0.6 is 11.6 Å². The van der Waals surface area contributed by atoms with Gasteiger partial charge in [-0.3, -0.25) is 19.0 Å². The Bertz CT molecular complexity index is 1520. The second-order valence-corrected chi connectivity index (χ2v) is 9.39. The molecule has 0 aliphatic rings. The first-order valence-corrected chi connectivity index (χ1v) is 11.4. The Morgan fingerprint density at radius 1 is 1.03 bits per heavy atom. The number of aromatic hydroxyl groups is 1. The largest absolute Gasteiger partial charge is 1.00 e. The van der Waals surface area contributed by atoms with Gasteiger partial charge in [-0.2, -0.15) is 16.8 Å². The summed E-state index contributed by atoms with van der Waals surface area (Å²) < 4.78 is 64.6. The second kappa shape index (κ2) is 13.8. The van der Waals surface area contributed by atoms with Crippen LogP contribution in [0.2, 0.25) is 5.02 Å². The van der Waals surface area contributed by atoms with E-state index in [1.54, 1.807) is 0 Å². The van der Waals surface area contributed by atoms with Crippen molar-refractivity contribution in [3.05, 3.63) is 57.5 Å². The summed E-state index contributed by atoms with van der Waals surface area (Å²) in [6.45, 7) is 1.46. The third-order valence-electron chi connectivity index (χ3n) is 3.97. The minimum atomic E-state index is -4.80. The molecule has 0 atom stereocenters. The van der Waals surface area contributed by atoms with Gasteiger partial charge >= 0.3 is 59.1 Å². The first-order chi connectivity index (χ1) is 14.3. The van der Waals surface area contributed by atoms with Gasteiger partial charge in [0.15, 0.2) is 11.4 Å². The fourth-order valence-electron chi connectivity index (χ4n) is 2.56. The van der Waals surface area contributed by atoms with Crippen molar-refractivity contribution < 1.29 is 116 Å². The molecule has 3 aromatic rings. The maximum atomic E-state index is 12.7. The van der Waals surface area contributed by atoms with E-state index in [-0.39, 0.29) is 107 Å². The standard InChI is InChI=1S/C16H13ClN4O8S2.Cr.2Na.H2O.2H/c1-8-14(19-18-12-5-9(17)6-13(15(12)22)31(27,28)29)16(23)21(20-8)10-3-2-4-11(7-10)30(24,25)26;;;;;;/h2-7,20,22H,1H3,(H,24,25,26)(H,27,28,29);;;;1H2;;/q;;2*+1;;2*-1. The molecule has 1 aromatic heterocycles. The summed E-state index contributed by atoms with van der Waals surface area (Å²) in [6, 6.07) is 6.76. The van der Waals surface area contributed by atoms with Gasteiger partial charge in [-0.05, 0) is 37.3 Å². The van der Waals surface area contributed by atoms with E-state index >= 15 is 0 Å². The van der Waals surface area contributed by atoms with Crippen LogP contribution in [0.5, 0.6) is 5.75 Å². The van der Waals surface area contributed by atoms with Gasteiger partial charge in [-0.15, -0.1) is 10.2 Å². The Kier molecular flexibility index (Phi) is 14.5. The Hall–Kier alpha value is -0.548. The second-order valence-electron chi connectivity index (χ2n) is 6.15. The van der Waals surface area contributed by atoms with Crippen LogP contribution in [0.3, 0.4) is 0 Å². The number of H-pyrrole nitrogens is 1. The maximum Gasteiger partial charge on any atom is 1.00 e. The van der Waals surface area contributed by atoms with E-state index in [1.165, 1.54) is 19.1 Å². The van der Waals surface area contributed by atoms with Gasteiger partial charge in [0.25, 0.3) is 25.8 Å². The van der Waals surface area contributed by atoms with E-state index in [2.05, 4.69) is 15.3 Å². The SMILES string of the molecule is Cc1[nH]n(-c2cccc(S(=O)(=O)O)c2)c(=O)c1N=Nc1cc(Cl)cc(S(=O)(=O)O)c1O.O.[Cr].[H-].[H-].[Na+].[Na+]. The van der Waals surface area contributed by atoms with Crippen LogP contribution in [0.25, 0.3) is 5.69 Å². The predicted molar refractivity (Wildman–Crippen MR) is 114 cm³/mol. The number of nitrogens with one attached hydrogen (secondary N) is 1. The van der Waals surface area contributed by atoms with Gasteiger partial charge in [0.05, 0.1) is 16.3 Å². The maximum absolute atomic E-state index is 12.7. The van der Waals surface area contributed by atoms with Gasteiger partial charge in [0.2, 0.25) is 0 Å². The van der Waals surface area contributed by atoms with Crippen LogP contribution in [0.4, 0.5) is 11.4 Å². The van der Waals surface area contributed by atoms with Crippen molar-refractivity contribution in [1.82, 2.24) is 9.78 Å². The van der Waals surface area contributed by atoms with E-state index in [4.69, 9.17) is 16.2 Å². The van der Waals surface area contributed by atoms with E-state index in [1.807, 2.05) is 0 Å². The summed E-state index contributed by atoms with van der Waals surface area (Å²) in [7, 11) is -9.31. The topological polar surface area (TPSA) is 223 Å². The van der Waals surface area contributed by atoms with E-state index in [9.17, 15) is 31.3 Å². The quantitative estimate of drug-likeness (QED) is 0.127. The number of aryl methyl sites for hydroxylation is 1. The van der Waals surface area contributed by atoms with E-state index in [0.717, 1.165) is 28.9 Å². The number of aromatic nitrogens is 2. The molecule has 1 heterocycles. The van der Waals surface area contributed by atoms with Gasteiger partial charge in [-0.1, -0.05) is 17.7 Å². The first-order valence-electron chi connectivity index (χ1n) is 8.10. The van der Waals surface area contributed by atoms with Crippen LogP contribution in [-0.4, -0.2) is 46.3 Å². The number of halogens is 1. The van der Waals surface area contributed by atoms with Gasteiger partial charge in [-0.25, -0.2) is 4.68 Å². The molecule has 0 fully saturated rings. The molecule has 0 radical (unpaired) electrons. The predicted octanol–water partition coefficient (Wildman–Crippen LogP) is -3.85. The van der Waals surface area contributed by atoms with Crippen molar-refractivity contribution in [2.75, 3.05) is 0 Å². The summed E-state index contributed by atoms with van der Waals surface area (Å²) in [5.41, 5.74) is -1.16. The van der Waals surface area contributed by atoms with Gasteiger partial charge < -0.3 is 13.4 Å². The number of rotatable bonds is 5. The van der Waals surface area contributed by atoms with Crippen molar-refractivity contribution in [3.63, 3.8) is 0 Å². The third-order valence-corrected chi connectivity index (χ3v) is 5.90. The average molecular weight is 607 g/mol. The molecule has 0 amide bonds. The number of azo groups is 1. The van der Waals surface area contributed by atoms with Crippen LogP contribution in [0.1, 0.15) is 8.55 Å². The number of aromatic amines is 1. The smallest absolute Gasteiger partial charge is 1.00 e. The van der Waals surface area contributed by atoms with Crippen molar-refractivity contribution in [1.29, 1.82) is 0 Å². The molecular formula is C16H17ClCrN4Na2O9S2. The molecule has 2 aromatic carbocycles. The molecule has 0 aliphatic heterocycles. The molecule has 182 valence electrons. The van der Waals surface area contributed by atoms with Crippen molar-refractivity contribution in [2.24, 2.45) is 10.2 Å². The van der Waals surface area contributed by atoms with E-state index in [0.29, 0.717) is 0 Å². The van der Waals surface area contributed by atoms with Crippen LogP contribution in [-0.2, 0) is 37.6 Å². The fourth-order valence-corrected chi connectivity index (χ4v) is 3.98. The Labute approximate surface area is 262 Å². The molecule has 13 nitrogen and oxygen atoms in total. The third kappa shape index (κ3) is 8.48. The molecule has 6 N–H and O–H groups in total. The summed E-state index contributed by atoms with van der Waals surface area (Å²) in [5, 5.41) is 19.9. The molecule has 35 heavy (non-hydrogen) atoms. The average Bonchev–Trinajstić information content (AvgIpc) is 2.94. The van der Waals surface area contributed by atoms with Gasteiger partial charge in [0.1, 0.15) is 10.6 Å². The first kappa shape index (κ1) is 36.6. The number of hydrogen-bond acceptors (Lipinski definition) is 8. The molecule has 0 spiro atoms. The number of benzene rings is 2. The Balaban J connectivity index is -0.000000907. The van der Waals surface area contributed by atoms with Crippen LogP contribution in [0, 0.1) is 6.92 Å². The minimum absolute atomic E-state index is 0. The monoisotopic (exact) mass is 606 g/mol. The van der Waals surface area contributed by atoms with Crippen LogP contribution < -0.4 is 64.7 Å². The number of hydrogen-bond donors (Lipinski definition) is 4. The number of nitrogens with zero attached hydrogens (tertiary/aromatic N) is 3. The summed E-state index contributed by atoms with van der Waals surface area (Å²) in [4.78, 5) is 11.4. The summed E-state index contributed by atoms with van der Waals surface area (Å²) in [5.74, 6) is -0.926. The molecule has 3 rings (SSSR count). The van der Waals surface area contributed by atoms with Gasteiger partial charge in [0, 0.05) is 22.4 Å². The molecule has 0 bridgehead atoms. The molecule has 19 heteroatoms. The molecule has 0 saturated carbocycles. The molecule has 0 saturated heterocycles. The van der Waals surface area contributed by atoms with E-state index < -0.39 is 47.0 Å². The number of phenols is 1. The Morgan fingerprint density at radius 3 is 2.17 bits per heavy atom. The molecular weight excluding hydrogens is 590 g/mol. The minimum Gasteiger partial charge on any atom is -1.00 e. The Morgan fingerprint density at radius 2 is 1.63 bits per heavy atom. The van der Waals surface area contributed by atoms with Crippen LogP contribution in [0.15, 0.2) is 61.2 Å². The molecule has 0 aliphatic carbocycles. The summed E-state index contributed by atoms with van der Waals surface area (Å²) >= 11 is 5.78. The summed E-state index contributed by atoms with van der Waals surface area (Å²) in [6.07, 6.45) is 0. The van der Waals surface area contributed by atoms with Crippen molar-refractivity contribution in [3.8, 4) is 11.4 Å².